The summed E-state index contributed by atoms with van der Waals surface area (Å²) >= 11 is 0. The van der Waals surface area contributed by atoms with Crippen molar-refractivity contribution in [1.29, 1.82) is 0 Å². The van der Waals surface area contributed by atoms with Crippen molar-refractivity contribution >= 4 is 23.5 Å². The van der Waals surface area contributed by atoms with Crippen molar-refractivity contribution < 1.29 is 28.7 Å². The van der Waals surface area contributed by atoms with E-state index in [2.05, 4.69) is 0 Å². The van der Waals surface area contributed by atoms with Crippen molar-refractivity contribution in [3.05, 3.63) is 0 Å². The van der Waals surface area contributed by atoms with Crippen LogP contribution in [0.25, 0.3) is 0 Å². The van der Waals surface area contributed by atoms with Gasteiger partial charge in [-0.15, -0.1) is 0 Å². The van der Waals surface area contributed by atoms with Crippen LogP contribution in [0.2, 0.25) is 0 Å². The molecule has 0 spiro atoms. The number of rotatable bonds is 3. The van der Waals surface area contributed by atoms with E-state index >= 15 is 0 Å². The largest absolute Gasteiger partial charge is 0.460 e. The molecule has 0 aromatic heterocycles. The zero-order valence-corrected chi connectivity index (χ0v) is 14.1. The molecule has 1 aliphatic carbocycles. The van der Waals surface area contributed by atoms with E-state index in [4.69, 9.17) is 9.47 Å². The predicted molar refractivity (Wildman–Crippen MR) is 78.0 cm³/mol. The number of esters is 2. The molecule has 1 saturated carbocycles. The molecule has 1 fully saturated rings. The fourth-order valence-electron chi connectivity index (χ4n) is 2.27. The van der Waals surface area contributed by atoms with Gasteiger partial charge in [0.05, 0.1) is 6.42 Å². The highest BCUT2D eigenvalue weighted by atomic mass is 16.6. The molecular formula is C16H24O6. The van der Waals surface area contributed by atoms with E-state index in [1.54, 1.807) is 41.5 Å². The van der Waals surface area contributed by atoms with Crippen LogP contribution in [-0.2, 0) is 28.7 Å². The van der Waals surface area contributed by atoms with Gasteiger partial charge < -0.3 is 9.47 Å². The van der Waals surface area contributed by atoms with Crippen LogP contribution in [0.15, 0.2) is 0 Å². The molecule has 1 rings (SSSR count). The summed E-state index contributed by atoms with van der Waals surface area (Å²) in [6, 6.07) is 0. The smallest absolute Gasteiger partial charge is 0.328 e. The van der Waals surface area contributed by atoms with Gasteiger partial charge in [0.2, 0.25) is 0 Å². The predicted octanol–water partition coefficient (Wildman–Crippen LogP) is 1.98. The van der Waals surface area contributed by atoms with E-state index < -0.39 is 46.5 Å². The first-order chi connectivity index (χ1) is 9.78. The average molecular weight is 312 g/mol. The highest BCUT2D eigenvalue weighted by Gasteiger charge is 2.59. The Morgan fingerprint density at radius 1 is 0.909 bits per heavy atom. The highest BCUT2D eigenvalue weighted by Crippen LogP contribution is 2.38. The van der Waals surface area contributed by atoms with E-state index in [1.807, 2.05) is 0 Å². The minimum Gasteiger partial charge on any atom is -0.460 e. The van der Waals surface area contributed by atoms with Gasteiger partial charge in [-0.1, -0.05) is 0 Å². The molecule has 22 heavy (non-hydrogen) atoms. The second-order valence-corrected chi connectivity index (χ2v) is 7.52. The lowest BCUT2D eigenvalue weighted by atomic mass is 9.80. The number of Topliss-reactive ketones (excluding diaryl/α,β-unsaturated/α-hetero) is 2. The zero-order chi connectivity index (χ0) is 17.3. The number of ketones is 2. The number of carbonyl (C=O) groups is 4. The Bertz CT molecular complexity index is 488. The summed E-state index contributed by atoms with van der Waals surface area (Å²) in [5.74, 6) is -2.87. The SMILES string of the molecule is CC(C)(C)OC(=O)CC1(C(=O)OC(C)(C)C)C(=O)CCC1=O. The highest BCUT2D eigenvalue weighted by molar-refractivity contribution is 6.27. The first kappa shape index (κ1) is 18.3. The van der Waals surface area contributed by atoms with Crippen molar-refractivity contribution in [3.8, 4) is 0 Å². The Labute approximate surface area is 130 Å². The van der Waals surface area contributed by atoms with Gasteiger partial charge in [0.1, 0.15) is 11.2 Å². The molecule has 0 atom stereocenters. The van der Waals surface area contributed by atoms with Gasteiger partial charge in [-0.2, -0.15) is 0 Å². The second-order valence-electron chi connectivity index (χ2n) is 7.52. The normalized spacial score (nSPS) is 18.3. The average Bonchev–Trinajstić information content (AvgIpc) is 2.53. The number of hydrogen-bond acceptors (Lipinski definition) is 6. The van der Waals surface area contributed by atoms with Crippen LogP contribution in [0.1, 0.15) is 60.8 Å². The zero-order valence-electron chi connectivity index (χ0n) is 14.1. The van der Waals surface area contributed by atoms with Gasteiger partial charge in [-0.25, -0.2) is 0 Å². The lowest BCUT2D eigenvalue weighted by molar-refractivity contribution is -0.177. The first-order valence-corrected chi connectivity index (χ1v) is 7.30. The number of carbonyl (C=O) groups excluding carboxylic acids is 4. The summed E-state index contributed by atoms with van der Waals surface area (Å²) in [5, 5.41) is 0. The third-order valence-corrected chi connectivity index (χ3v) is 3.11. The summed E-state index contributed by atoms with van der Waals surface area (Å²) in [4.78, 5) is 48.9. The van der Waals surface area contributed by atoms with Gasteiger partial charge in [-0.05, 0) is 41.5 Å². The summed E-state index contributed by atoms with van der Waals surface area (Å²) in [6.07, 6.45) is -0.710. The molecule has 6 nitrogen and oxygen atoms in total. The van der Waals surface area contributed by atoms with Crippen molar-refractivity contribution in [2.24, 2.45) is 5.41 Å². The minimum atomic E-state index is -2.05. The van der Waals surface area contributed by atoms with Gasteiger partial charge in [0, 0.05) is 12.8 Å². The van der Waals surface area contributed by atoms with Crippen LogP contribution < -0.4 is 0 Å². The van der Waals surface area contributed by atoms with Gasteiger partial charge in [0.25, 0.3) is 0 Å². The van der Waals surface area contributed by atoms with Crippen LogP contribution >= 0.6 is 0 Å². The quantitative estimate of drug-likeness (QED) is 0.585. The van der Waals surface area contributed by atoms with Gasteiger partial charge in [0.15, 0.2) is 17.0 Å². The molecule has 0 aliphatic heterocycles. The molecule has 0 saturated heterocycles. The summed E-state index contributed by atoms with van der Waals surface area (Å²) in [7, 11) is 0. The van der Waals surface area contributed by atoms with Crippen molar-refractivity contribution in [3.63, 3.8) is 0 Å². The standard InChI is InChI=1S/C16H24O6/c1-14(2,3)21-12(19)9-16(10(17)7-8-11(16)18)13(20)22-15(4,5)6/h7-9H2,1-6H3. The maximum Gasteiger partial charge on any atom is 0.328 e. The Morgan fingerprint density at radius 3 is 1.68 bits per heavy atom. The molecule has 0 radical (unpaired) electrons. The van der Waals surface area contributed by atoms with Gasteiger partial charge in [-0.3, -0.25) is 19.2 Å². The maximum absolute atomic E-state index is 12.4. The molecule has 0 heterocycles. The van der Waals surface area contributed by atoms with Gasteiger partial charge >= 0.3 is 11.9 Å². The molecule has 124 valence electrons. The summed E-state index contributed by atoms with van der Waals surface area (Å²) in [5.41, 5.74) is -3.67. The van der Waals surface area contributed by atoms with E-state index in [9.17, 15) is 19.2 Å². The van der Waals surface area contributed by atoms with Crippen LogP contribution in [-0.4, -0.2) is 34.7 Å². The van der Waals surface area contributed by atoms with Crippen LogP contribution in [0.5, 0.6) is 0 Å². The maximum atomic E-state index is 12.4. The van der Waals surface area contributed by atoms with Crippen molar-refractivity contribution in [2.75, 3.05) is 0 Å². The monoisotopic (exact) mass is 312 g/mol. The van der Waals surface area contributed by atoms with E-state index in [-0.39, 0.29) is 12.8 Å². The lowest BCUT2D eigenvalue weighted by Crippen LogP contribution is -2.47. The second kappa shape index (κ2) is 5.82. The van der Waals surface area contributed by atoms with Crippen molar-refractivity contribution in [1.82, 2.24) is 0 Å². The fraction of sp³-hybridized carbons (Fsp3) is 0.750. The van der Waals surface area contributed by atoms with Crippen LogP contribution in [0.3, 0.4) is 0 Å². The molecular weight excluding hydrogens is 288 g/mol. The topological polar surface area (TPSA) is 86.7 Å². The fourth-order valence-corrected chi connectivity index (χ4v) is 2.27. The Kier molecular flexibility index (Phi) is 4.85. The van der Waals surface area contributed by atoms with Crippen LogP contribution in [0.4, 0.5) is 0 Å². The number of ether oxygens (including phenoxy) is 2. The Hall–Kier alpha value is -1.72. The molecule has 0 N–H and O–H groups in total. The Morgan fingerprint density at radius 2 is 1.32 bits per heavy atom. The number of hydrogen-bond donors (Lipinski definition) is 0. The first-order valence-electron chi connectivity index (χ1n) is 7.30. The molecule has 0 aromatic rings. The molecule has 0 aromatic carbocycles. The summed E-state index contributed by atoms with van der Waals surface area (Å²) in [6.45, 7) is 9.91. The molecule has 0 unspecified atom stereocenters. The van der Waals surface area contributed by atoms with E-state index in [0.29, 0.717) is 0 Å². The molecule has 1 aliphatic rings. The molecule has 0 amide bonds. The summed E-state index contributed by atoms with van der Waals surface area (Å²) < 4.78 is 10.4. The van der Waals surface area contributed by atoms with Crippen molar-refractivity contribution in [2.45, 2.75) is 72.0 Å². The molecule has 6 heteroatoms. The Balaban J connectivity index is 3.09. The van der Waals surface area contributed by atoms with E-state index in [1.165, 1.54) is 0 Å². The molecule has 0 bridgehead atoms. The third kappa shape index (κ3) is 4.15. The minimum absolute atomic E-state index is 0.0547. The van der Waals surface area contributed by atoms with E-state index in [0.717, 1.165) is 0 Å². The third-order valence-electron chi connectivity index (χ3n) is 3.11. The van der Waals surface area contributed by atoms with Crippen LogP contribution in [0, 0.1) is 5.41 Å². The lowest BCUT2D eigenvalue weighted by Gasteiger charge is -2.29.